The van der Waals surface area contributed by atoms with Crippen LogP contribution in [-0.4, -0.2) is 37.0 Å². The first-order valence-corrected chi connectivity index (χ1v) is 10.8. The van der Waals surface area contributed by atoms with E-state index in [0.29, 0.717) is 32.5 Å². The third kappa shape index (κ3) is 5.33. The highest BCUT2D eigenvalue weighted by molar-refractivity contribution is 9.10. The van der Waals surface area contributed by atoms with Crippen LogP contribution < -0.4 is 15.4 Å². The van der Waals surface area contributed by atoms with Crippen molar-refractivity contribution in [3.8, 4) is 5.75 Å². The molecule has 6 nitrogen and oxygen atoms in total. The first kappa shape index (κ1) is 22.2. The summed E-state index contributed by atoms with van der Waals surface area (Å²) >= 11 is 3.47. The molecular weight excluding hydrogens is 446 g/mol. The molecule has 0 atom stereocenters. The molecule has 7 heteroatoms. The van der Waals surface area contributed by atoms with Gasteiger partial charge in [0.15, 0.2) is 0 Å². The second kappa shape index (κ2) is 9.51. The number of urea groups is 1. The monoisotopic (exact) mass is 473 g/mol. The van der Waals surface area contributed by atoms with Gasteiger partial charge in [0.25, 0.3) is 0 Å². The second-order valence-corrected chi connectivity index (χ2v) is 8.83. The Morgan fingerprint density at radius 1 is 1.13 bits per heavy atom. The molecule has 30 heavy (non-hydrogen) atoms. The number of hydrogen-bond acceptors (Lipinski definition) is 3. The molecule has 0 bridgehead atoms. The molecule has 3 amide bonds. The predicted molar refractivity (Wildman–Crippen MR) is 122 cm³/mol. The van der Waals surface area contributed by atoms with Crippen LogP contribution in [0.1, 0.15) is 30.9 Å². The molecule has 0 unspecified atom stereocenters. The highest BCUT2D eigenvalue weighted by Crippen LogP contribution is 2.31. The molecule has 2 aromatic carbocycles. The summed E-state index contributed by atoms with van der Waals surface area (Å²) in [6, 6.07) is 13.2. The fraction of sp³-hybridized carbons (Fsp3) is 0.391. The topological polar surface area (TPSA) is 70.7 Å². The molecule has 2 aromatic rings. The molecule has 0 aliphatic carbocycles. The highest BCUT2D eigenvalue weighted by Gasteiger charge is 2.37. The van der Waals surface area contributed by atoms with Crippen molar-refractivity contribution < 1.29 is 14.3 Å². The molecule has 0 aromatic heterocycles. The van der Waals surface area contributed by atoms with Crippen LogP contribution in [0.15, 0.2) is 46.9 Å². The Balaban J connectivity index is 1.50. The lowest BCUT2D eigenvalue weighted by Crippen LogP contribution is -2.49. The zero-order valence-corrected chi connectivity index (χ0v) is 19.2. The smallest absolute Gasteiger partial charge is 0.321 e. The number of rotatable bonds is 5. The average molecular weight is 474 g/mol. The van der Waals surface area contributed by atoms with E-state index in [4.69, 9.17) is 4.74 Å². The minimum atomic E-state index is -0.475. The second-order valence-electron chi connectivity index (χ2n) is 7.97. The number of carbonyl (C=O) groups excluding carboxylic acids is 2. The van der Waals surface area contributed by atoms with Crippen LogP contribution in [0.3, 0.4) is 0 Å². The van der Waals surface area contributed by atoms with Gasteiger partial charge in [-0.1, -0.05) is 35.0 Å². The maximum Gasteiger partial charge on any atom is 0.321 e. The van der Waals surface area contributed by atoms with Crippen LogP contribution in [0.4, 0.5) is 10.5 Å². The first-order valence-electron chi connectivity index (χ1n) is 10.0. The number of hydrogen-bond donors (Lipinski definition) is 2. The third-order valence-electron chi connectivity index (χ3n) is 5.72. The summed E-state index contributed by atoms with van der Waals surface area (Å²) in [6.45, 7) is 5.54. The van der Waals surface area contributed by atoms with Crippen molar-refractivity contribution in [2.75, 3.05) is 25.5 Å². The zero-order valence-electron chi connectivity index (χ0n) is 17.6. The quantitative estimate of drug-likeness (QED) is 0.659. The van der Waals surface area contributed by atoms with E-state index in [1.807, 2.05) is 56.3 Å². The number of nitrogens with one attached hydrogen (secondary N) is 2. The Bertz CT molecular complexity index is 906. The number of piperidine rings is 1. The summed E-state index contributed by atoms with van der Waals surface area (Å²) < 4.78 is 6.17. The van der Waals surface area contributed by atoms with E-state index in [-0.39, 0.29) is 11.9 Å². The number of methoxy groups -OCH3 is 1. The molecule has 0 radical (unpaired) electrons. The minimum absolute atomic E-state index is 0.0295. The Morgan fingerprint density at radius 2 is 1.80 bits per heavy atom. The summed E-state index contributed by atoms with van der Waals surface area (Å²) in [5, 5.41) is 5.99. The van der Waals surface area contributed by atoms with E-state index < -0.39 is 5.41 Å². The maximum absolute atomic E-state index is 12.8. The first-order chi connectivity index (χ1) is 14.3. The summed E-state index contributed by atoms with van der Waals surface area (Å²) in [5.41, 5.74) is 2.38. The minimum Gasteiger partial charge on any atom is -0.497 e. The van der Waals surface area contributed by atoms with Crippen LogP contribution in [0.25, 0.3) is 0 Å². The number of benzene rings is 2. The van der Waals surface area contributed by atoms with Gasteiger partial charge in [0.1, 0.15) is 5.75 Å². The molecule has 0 saturated carbocycles. The summed E-state index contributed by atoms with van der Waals surface area (Å²) in [5.74, 6) is 0.822. The molecular formula is C23H28BrN3O3. The lowest BCUT2D eigenvalue weighted by molar-refractivity contribution is -0.132. The van der Waals surface area contributed by atoms with Crippen molar-refractivity contribution in [3.05, 3.63) is 58.1 Å². The molecule has 1 aliphatic heterocycles. The lowest BCUT2D eigenvalue weighted by atomic mass is 9.79. The van der Waals surface area contributed by atoms with Crippen molar-refractivity contribution >= 4 is 33.6 Å². The number of anilines is 1. The van der Waals surface area contributed by atoms with Gasteiger partial charge in [-0.3, -0.25) is 4.79 Å². The number of amides is 3. The SMILES string of the molecule is COc1ccc(CNC(=O)C2(C)CCN(C(=O)Nc3ccc(Br)c(C)c3)CC2)cc1. The Morgan fingerprint density at radius 3 is 2.40 bits per heavy atom. The molecule has 160 valence electrons. The largest absolute Gasteiger partial charge is 0.497 e. The highest BCUT2D eigenvalue weighted by atomic mass is 79.9. The fourth-order valence-corrected chi connectivity index (χ4v) is 3.74. The Kier molecular flexibility index (Phi) is 7.02. The average Bonchev–Trinajstić information content (AvgIpc) is 2.75. The molecule has 1 aliphatic rings. The van der Waals surface area contributed by atoms with Gasteiger partial charge in [-0.2, -0.15) is 0 Å². The molecule has 1 saturated heterocycles. The van der Waals surface area contributed by atoms with Gasteiger partial charge in [0.05, 0.1) is 7.11 Å². The summed E-state index contributed by atoms with van der Waals surface area (Å²) in [4.78, 5) is 27.2. The van der Waals surface area contributed by atoms with Crippen LogP contribution >= 0.6 is 15.9 Å². The van der Waals surface area contributed by atoms with E-state index in [9.17, 15) is 9.59 Å². The molecule has 3 rings (SSSR count). The number of aryl methyl sites for hydroxylation is 1. The Hall–Kier alpha value is -2.54. The molecule has 2 N–H and O–H groups in total. The van der Waals surface area contributed by atoms with E-state index in [2.05, 4.69) is 26.6 Å². The van der Waals surface area contributed by atoms with Crippen molar-refractivity contribution in [2.45, 2.75) is 33.2 Å². The fourth-order valence-electron chi connectivity index (χ4n) is 3.49. The van der Waals surface area contributed by atoms with Crippen LogP contribution in [0.2, 0.25) is 0 Å². The third-order valence-corrected chi connectivity index (χ3v) is 6.61. The van der Waals surface area contributed by atoms with Gasteiger partial charge in [0.2, 0.25) is 5.91 Å². The number of halogens is 1. The Labute approximate surface area is 186 Å². The number of likely N-dealkylation sites (tertiary alicyclic amines) is 1. The van der Waals surface area contributed by atoms with Gasteiger partial charge in [-0.25, -0.2) is 4.79 Å². The van der Waals surface area contributed by atoms with Crippen molar-refractivity contribution in [1.82, 2.24) is 10.2 Å². The van der Waals surface area contributed by atoms with Gasteiger partial charge in [-0.15, -0.1) is 0 Å². The van der Waals surface area contributed by atoms with E-state index >= 15 is 0 Å². The number of ether oxygens (including phenoxy) is 1. The van der Waals surface area contributed by atoms with Crippen LogP contribution in [0.5, 0.6) is 5.75 Å². The standard InChI is InChI=1S/C23H28BrN3O3/c1-16-14-18(6-9-20(16)24)26-22(29)27-12-10-23(2,11-13-27)21(28)25-15-17-4-7-19(30-3)8-5-17/h4-9,14H,10-13,15H2,1-3H3,(H,25,28)(H,26,29). The van der Waals surface area contributed by atoms with Crippen molar-refractivity contribution in [1.29, 1.82) is 0 Å². The van der Waals surface area contributed by atoms with E-state index in [0.717, 1.165) is 27.0 Å². The van der Waals surface area contributed by atoms with Crippen LogP contribution in [0, 0.1) is 12.3 Å². The van der Waals surface area contributed by atoms with E-state index in [1.165, 1.54) is 0 Å². The number of carbonyl (C=O) groups is 2. The predicted octanol–water partition coefficient (Wildman–Crippen LogP) is 4.72. The molecule has 0 spiro atoms. The van der Waals surface area contributed by atoms with E-state index in [1.54, 1.807) is 12.0 Å². The van der Waals surface area contributed by atoms with Crippen molar-refractivity contribution in [3.63, 3.8) is 0 Å². The zero-order chi connectivity index (χ0) is 21.7. The summed E-state index contributed by atoms with van der Waals surface area (Å²) in [7, 11) is 1.63. The van der Waals surface area contributed by atoms with Gasteiger partial charge in [0, 0.05) is 35.2 Å². The normalized spacial score (nSPS) is 15.4. The maximum atomic E-state index is 12.8. The summed E-state index contributed by atoms with van der Waals surface area (Å²) in [6.07, 6.45) is 1.27. The van der Waals surface area contributed by atoms with Crippen LogP contribution in [-0.2, 0) is 11.3 Å². The van der Waals surface area contributed by atoms with Gasteiger partial charge < -0.3 is 20.3 Å². The van der Waals surface area contributed by atoms with Crippen molar-refractivity contribution in [2.24, 2.45) is 5.41 Å². The van der Waals surface area contributed by atoms with Gasteiger partial charge >= 0.3 is 6.03 Å². The lowest BCUT2D eigenvalue weighted by Gasteiger charge is -2.38. The number of nitrogens with zero attached hydrogens (tertiary/aromatic N) is 1. The molecule has 1 heterocycles. The van der Waals surface area contributed by atoms with Gasteiger partial charge in [-0.05, 0) is 61.2 Å². The molecule has 1 fully saturated rings.